The molecule has 2 aromatic rings. The maximum atomic E-state index is 12.6. The van der Waals surface area contributed by atoms with E-state index in [-0.39, 0.29) is 0 Å². The Balaban J connectivity index is 1.99. The minimum atomic E-state index is -3.55. The van der Waals surface area contributed by atoms with Crippen LogP contribution < -0.4 is 0 Å². The van der Waals surface area contributed by atoms with Crippen molar-refractivity contribution in [1.29, 1.82) is 0 Å². The fourth-order valence-electron chi connectivity index (χ4n) is 2.62. The normalized spacial score (nSPS) is 18.1. The molecule has 0 bridgehead atoms. The molecule has 0 radical (unpaired) electrons. The summed E-state index contributed by atoms with van der Waals surface area (Å²) in [6.45, 7) is 4.13. The smallest absolute Gasteiger partial charge is 0.245 e. The van der Waals surface area contributed by atoms with E-state index in [0.29, 0.717) is 17.9 Å². The lowest BCUT2D eigenvalue weighted by Gasteiger charge is -2.20. The Hall–Kier alpha value is -1.50. The molecule has 0 aliphatic carbocycles. The van der Waals surface area contributed by atoms with Crippen LogP contribution in [0.4, 0.5) is 0 Å². The SMILES string of the molecule is CCC(C=O)N1Cc2sc(-c3ccc(C)cc3)cc2S1(=O)=O. The molecular formula is C16H17NO3S2. The predicted molar refractivity (Wildman–Crippen MR) is 87.4 cm³/mol. The van der Waals surface area contributed by atoms with Crippen LogP contribution in [0.25, 0.3) is 10.4 Å². The molecule has 0 N–H and O–H groups in total. The van der Waals surface area contributed by atoms with Crippen molar-refractivity contribution in [3.05, 3.63) is 40.8 Å². The number of thiophene rings is 1. The van der Waals surface area contributed by atoms with Crippen molar-refractivity contribution in [3.8, 4) is 10.4 Å². The number of hydrogen-bond donors (Lipinski definition) is 0. The Labute approximate surface area is 134 Å². The molecular weight excluding hydrogens is 318 g/mol. The molecule has 1 unspecified atom stereocenters. The molecule has 6 heteroatoms. The van der Waals surface area contributed by atoms with E-state index in [1.165, 1.54) is 21.2 Å². The van der Waals surface area contributed by atoms with Gasteiger partial charge in [-0.05, 0) is 25.0 Å². The molecule has 4 nitrogen and oxygen atoms in total. The summed E-state index contributed by atoms with van der Waals surface area (Å²) in [6, 6.07) is 9.19. The Morgan fingerprint density at radius 2 is 2.00 bits per heavy atom. The summed E-state index contributed by atoms with van der Waals surface area (Å²) in [5.41, 5.74) is 2.19. The van der Waals surface area contributed by atoms with Crippen LogP contribution in [0, 0.1) is 6.92 Å². The summed E-state index contributed by atoms with van der Waals surface area (Å²) in [4.78, 5) is 13.2. The monoisotopic (exact) mass is 335 g/mol. The zero-order valence-corrected chi connectivity index (χ0v) is 14.1. The average molecular weight is 335 g/mol. The van der Waals surface area contributed by atoms with Crippen LogP contribution in [0.2, 0.25) is 0 Å². The Kier molecular flexibility index (Phi) is 3.92. The molecule has 0 amide bonds. The summed E-state index contributed by atoms with van der Waals surface area (Å²) in [5.74, 6) is 0. The van der Waals surface area contributed by atoms with E-state index in [4.69, 9.17) is 0 Å². The van der Waals surface area contributed by atoms with E-state index < -0.39 is 16.1 Å². The van der Waals surface area contributed by atoms with Crippen molar-refractivity contribution in [2.24, 2.45) is 0 Å². The second kappa shape index (κ2) is 5.61. The van der Waals surface area contributed by atoms with Crippen molar-refractivity contribution in [2.75, 3.05) is 0 Å². The first kappa shape index (κ1) is 15.4. The van der Waals surface area contributed by atoms with Crippen LogP contribution in [-0.4, -0.2) is 25.1 Å². The van der Waals surface area contributed by atoms with Crippen molar-refractivity contribution in [3.63, 3.8) is 0 Å². The van der Waals surface area contributed by atoms with E-state index in [9.17, 15) is 13.2 Å². The first-order chi connectivity index (χ1) is 10.5. The van der Waals surface area contributed by atoms with Crippen LogP contribution in [0.1, 0.15) is 23.8 Å². The van der Waals surface area contributed by atoms with E-state index in [1.807, 2.05) is 38.1 Å². The summed E-state index contributed by atoms with van der Waals surface area (Å²) >= 11 is 1.49. The molecule has 1 aliphatic rings. The third-order valence-electron chi connectivity index (χ3n) is 3.94. The summed E-state index contributed by atoms with van der Waals surface area (Å²) < 4.78 is 26.5. The number of sulfonamides is 1. The van der Waals surface area contributed by atoms with Gasteiger partial charge in [0.15, 0.2) is 0 Å². The van der Waals surface area contributed by atoms with Crippen LogP contribution >= 0.6 is 11.3 Å². The molecule has 116 valence electrons. The van der Waals surface area contributed by atoms with Crippen molar-refractivity contribution in [2.45, 2.75) is 37.8 Å². The fourth-order valence-corrected chi connectivity index (χ4v) is 6.00. The van der Waals surface area contributed by atoms with Gasteiger partial charge >= 0.3 is 0 Å². The second-order valence-electron chi connectivity index (χ2n) is 5.43. The first-order valence-corrected chi connectivity index (χ1v) is 9.40. The highest BCUT2D eigenvalue weighted by atomic mass is 32.2. The van der Waals surface area contributed by atoms with Crippen LogP contribution in [0.3, 0.4) is 0 Å². The number of aldehydes is 1. The van der Waals surface area contributed by atoms with Crippen LogP contribution in [0.5, 0.6) is 0 Å². The lowest BCUT2D eigenvalue weighted by Crippen LogP contribution is -2.36. The van der Waals surface area contributed by atoms with Gasteiger partial charge in [-0.2, -0.15) is 4.31 Å². The highest BCUT2D eigenvalue weighted by Gasteiger charge is 2.40. The summed E-state index contributed by atoms with van der Waals surface area (Å²) in [7, 11) is -3.55. The van der Waals surface area contributed by atoms with Crippen molar-refractivity contribution < 1.29 is 13.2 Å². The molecule has 0 spiro atoms. The maximum absolute atomic E-state index is 12.6. The van der Waals surface area contributed by atoms with Gasteiger partial charge in [-0.15, -0.1) is 11.3 Å². The molecule has 22 heavy (non-hydrogen) atoms. The summed E-state index contributed by atoms with van der Waals surface area (Å²) in [5, 5.41) is 0. The van der Waals surface area contributed by atoms with Gasteiger partial charge in [0, 0.05) is 9.75 Å². The zero-order chi connectivity index (χ0) is 15.9. The highest BCUT2D eigenvalue weighted by molar-refractivity contribution is 7.89. The number of benzene rings is 1. The van der Waals surface area contributed by atoms with Crippen LogP contribution in [-0.2, 0) is 21.4 Å². The zero-order valence-electron chi connectivity index (χ0n) is 12.4. The molecule has 0 saturated carbocycles. The average Bonchev–Trinajstić information content (AvgIpc) is 3.01. The van der Waals surface area contributed by atoms with E-state index in [0.717, 1.165) is 21.6 Å². The Bertz CT molecular complexity index is 806. The Morgan fingerprint density at radius 1 is 1.32 bits per heavy atom. The number of carbonyl (C=O) groups excluding carboxylic acids is 1. The summed E-state index contributed by atoms with van der Waals surface area (Å²) in [6.07, 6.45) is 1.21. The number of rotatable bonds is 4. The van der Waals surface area contributed by atoms with E-state index in [1.54, 1.807) is 6.07 Å². The molecule has 0 saturated heterocycles. The quantitative estimate of drug-likeness (QED) is 0.806. The number of aryl methyl sites for hydroxylation is 1. The molecule has 1 aliphatic heterocycles. The molecule has 3 rings (SSSR count). The highest BCUT2D eigenvalue weighted by Crippen LogP contribution is 2.41. The number of nitrogens with zero attached hydrogens (tertiary/aromatic N) is 1. The predicted octanol–water partition coefficient (Wildman–Crippen LogP) is 3.21. The minimum Gasteiger partial charge on any atom is -0.302 e. The largest absolute Gasteiger partial charge is 0.302 e. The molecule has 1 atom stereocenters. The van der Waals surface area contributed by atoms with Gasteiger partial charge in [0.25, 0.3) is 0 Å². The van der Waals surface area contributed by atoms with Gasteiger partial charge < -0.3 is 4.79 Å². The third-order valence-corrected chi connectivity index (χ3v) is 7.17. The lowest BCUT2D eigenvalue weighted by atomic mass is 10.1. The molecule has 2 heterocycles. The standard InChI is InChI=1S/C16H17NO3S2/c1-3-13(10-18)17-9-15-16(22(17,19)20)8-14(21-15)12-6-4-11(2)5-7-12/h4-8,10,13H,3,9H2,1-2H3. The second-order valence-corrected chi connectivity index (χ2v) is 8.42. The van der Waals surface area contributed by atoms with Gasteiger partial charge in [-0.1, -0.05) is 36.8 Å². The molecule has 0 fully saturated rings. The third kappa shape index (κ3) is 2.41. The van der Waals surface area contributed by atoms with Gasteiger partial charge in [-0.3, -0.25) is 0 Å². The molecule has 1 aromatic carbocycles. The number of carbonyl (C=O) groups is 1. The van der Waals surface area contributed by atoms with E-state index in [2.05, 4.69) is 0 Å². The minimum absolute atomic E-state index is 0.297. The van der Waals surface area contributed by atoms with Gasteiger partial charge in [0.1, 0.15) is 6.29 Å². The molecule has 1 aromatic heterocycles. The number of hydrogen-bond acceptors (Lipinski definition) is 4. The Morgan fingerprint density at radius 3 is 2.55 bits per heavy atom. The number of fused-ring (bicyclic) bond motifs is 1. The lowest BCUT2D eigenvalue weighted by molar-refractivity contribution is -0.111. The first-order valence-electron chi connectivity index (χ1n) is 7.14. The maximum Gasteiger partial charge on any atom is 0.245 e. The van der Waals surface area contributed by atoms with Crippen LogP contribution in [0.15, 0.2) is 35.2 Å². The van der Waals surface area contributed by atoms with Crippen molar-refractivity contribution >= 4 is 27.6 Å². The van der Waals surface area contributed by atoms with E-state index >= 15 is 0 Å². The van der Waals surface area contributed by atoms with Gasteiger partial charge in [0.05, 0.1) is 17.5 Å². The van der Waals surface area contributed by atoms with Gasteiger partial charge in [-0.25, -0.2) is 8.42 Å². The van der Waals surface area contributed by atoms with Crippen molar-refractivity contribution in [1.82, 2.24) is 4.31 Å². The fraction of sp³-hybridized carbons (Fsp3) is 0.312. The topological polar surface area (TPSA) is 54.5 Å². The van der Waals surface area contributed by atoms with Gasteiger partial charge in [0.2, 0.25) is 10.0 Å².